The van der Waals surface area contributed by atoms with Crippen molar-refractivity contribution in [2.75, 3.05) is 33.4 Å². The Labute approximate surface area is 144 Å². The predicted octanol–water partition coefficient (Wildman–Crippen LogP) is 1.96. The van der Waals surface area contributed by atoms with Crippen LogP contribution in [0.4, 0.5) is 0 Å². The van der Waals surface area contributed by atoms with Gasteiger partial charge in [-0.15, -0.1) is 0 Å². The van der Waals surface area contributed by atoms with Crippen LogP contribution in [-0.4, -0.2) is 46.1 Å². The lowest BCUT2D eigenvalue weighted by molar-refractivity contribution is 0.212. The van der Waals surface area contributed by atoms with E-state index in [1.807, 2.05) is 18.2 Å². The lowest BCUT2D eigenvalue weighted by atomic mass is 9.96. The average Bonchev–Trinajstić information content (AvgIpc) is 2.89. The Morgan fingerprint density at radius 2 is 2.00 bits per heavy atom. The van der Waals surface area contributed by atoms with Gasteiger partial charge in [-0.05, 0) is 30.9 Å². The normalized spacial score (nSPS) is 22.3. The molecule has 0 aliphatic carbocycles. The molecule has 0 spiro atoms. The van der Waals surface area contributed by atoms with E-state index >= 15 is 0 Å². The van der Waals surface area contributed by atoms with Crippen molar-refractivity contribution in [1.29, 1.82) is 0 Å². The summed E-state index contributed by atoms with van der Waals surface area (Å²) in [5, 5.41) is 0. The maximum atomic E-state index is 12.5. The number of hydrogen-bond acceptors (Lipinski definition) is 4. The second kappa shape index (κ2) is 7.72. The van der Waals surface area contributed by atoms with Crippen LogP contribution in [0.1, 0.15) is 31.2 Å². The molecule has 0 aromatic heterocycles. The van der Waals surface area contributed by atoms with Crippen LogP contribution in [0.15, 0.2) is 18.2 Å². The van der Waals surface area contributed by atoms with Crippen LogP contribution in [-0.2, 0) is 16.6 Å². The molecule has 1 aromatic rings. The van der Waals surface area contributed by atoms with Gasteiger partial charge in [0.05, 0.1) is 13.7 Å². The number of nitrogens with zero attached hydrogens (tertiary/aromatic N) is 1. The molecule has 0 saturated carbocycles. The highest BCUT2D eigenvalue weighted by atomic mass is 32.2. The Kier molecular flexibility index (Phi) is 5.63. The highest BCUT2D eigenvalue weighted by Crippen LogP contribution is 2.35. The first-order valence-electron chi connectivity index (χ1n) is 8.63. The van der Waals surface area contributed by atoms with Crippen LogP contribution >= 0.6 is 0 Å². The summed E-state index contributed by atoms with van der Waals surface area (Å²) in [7, 11) is -1.77. The number of hydrogen-bond donors (Lipinski definition) is 1. The van der Waals surface area contributed by atoms with Gasteiger partial charge in [0, 0.05) is 25.6 Å². The number of fused-ring (bicyclic) bond motifs is 1. The number of methoxy groups -OCH3 is 1. The SMILES string of the molecule is COc1cccc2c1OC[C@@H](CNS(=O)(=O)N1CCCCCC1)C2. The maximum Gasteiger partial charge on any atom is 0.279 e. The van der Waals surface area contributed by atoms with Crippen LogP contribution in [0.5, 0.6) is 11.5 Å². The maximum absolute atomic E-state index is 12.5. The van der Waals surface area contributed by atoms with Crippen molar-refractivity contribution in [3.05, 3.63) is 23.8 Å². The van der Waals surface area contributed by atoms with E-state index in [2.05, 4.69) is 4.72 Å². The van der Waals surface area contributed by atoms with Crippen LogP contribution in [0.25, 0.3) is 0 Å². The first-order chi connectivity index (χ1) is 11.6. The summed E-state index contributed by atoms with van der Waals surface area (Å²) >= 11 is 0. The summed E-state index contributed by atoms with van der Waals surface area (Å²) in [5.74, 6) is 1.65. The molecule has 3 rings (SSSR count). The molecule has 7 heteroatoms. The summed E-state index contributed by atoms with van der Waals surface area (Å²) in [6.45, 7) is 2.14. The van der Waals surface area contributed by atoms with Gasteiger partial charge in [-0.1, -0.05) is 25.0 Å². The van der Waals surface area contributed by atoms with E-state index in [4.69, 9.17) is 9.47 Å². The van der Waals surface area contributed by atoms with E-state index in [-0.39, 0.29) is 5.92 Å². The van der Waals surface area contributed by atoms with Gasteiger partial charge in [0.2, 0.25) is 0 Å². The molecule has 24 heavy (non-hydrogen) atoms. The van der Waals surface area contributed by atoms with Gasteiger partial charge in [-0.25, -0.2) is 4.72 Å². The third kappa shape index (κ3) is 4.02. The minimum Gasteiger partial charge on any atom is -0.493 e. The third-order valence-corrected chi connectivity index (χ3v) is 6.29. The van der Waals surface area contributed by atoms with Crippen molar-refractivity contribution in [3.8, 4) is 11.5 Å². The number of benzene rings is 1. The highest BCUT2D eigenvalue weighted by Gasteiger charge is 2.27. The molecule has 1 saturated heterocycles. The van der Waals surface area contributed by atoms with Crippen LogP contribution in [0.2, 0.25) is 0 Å². The van der Waals surface area contributed by atoms with Gasteiger partial charge in [0.1, 0.15) is 0 Å². The zero-order chi connectivity index (χ0) is 17.0. The highest BCUT2D eigenvalue weighted by molar-refractivity contribution is 7.87. The smallest absolute Gasteiger partial charge is 0.279 e. The van der Waals surface area contributed by atoms with E-state index in [9.17, 15) is 8.42 Å². The lowest BCUT2D eigenvalue weighted by Crippen LogP contribution is -2.44. The number of nitrogens with one attached hydrogen (secondary N) is 1. The van der Waals surface area contributed by atoms with E-state index in [1.54, 1.807) is 11.4 Å². The van der Waals surface area contributed by atoms with Gasteiger partial charge in [-0.3, -0.25) is 0 Å². The standard InChI is InChI=1S/C17H26N2O4S/c1-22-16-8-6-7-15-11-14(13-23-17(15)16)12-18-24(20,21)19-9-4-2-3-5-10-19/h6-8,14,18H,2-5,9-13H2,1H3/t14-/m1/s1. The van der Waals surface area contributed by atoms with Crippen molar-refractivity contribution in [1.82, 2.24) is 9.03 Å². The second-order valence-corrected chi connectivity index (χ2v) is 8.25. The molecule has 1 N–H and O–H groups in total. The molecular weight excluding hydrogens is 328 g/mol. The fraction of sp³-hybridized carbons (Fsp3) is 0.647. The fourth-order valence-electron chi connectivity index (χ4n) is 3.35. The summed E-state index contributed by atoms with van der Waals surface area (Å²) in [4.78, 5) is 0. The number of rotatable bonds is 5. The van der Waals surface area contributed by atoms with Crippen LogP contribution in [0.3, 0.4) is 0 Å². The van der Waals surface area contributed by atoms with E-state index in [0.717, 1.165) is 49.2 Å². The molecule has 2 heterocycles. The largest absolute Gasteiger partial charge is 0.493 e. The third-order valence-electron chi connectivity index (χ3n) is 4.71. The summed E-state index contributed by atoms with van der Waals surface area (Å²) in [6, 6.07) is 5.82. The summed E-state index contributed by atoms with van der Waals surface area (Å²) < 4.78 is 40.4. The van der Waals surface area contributed by atoms with E-state index < -0.39 is 10.2 Å². The predicted molar refractivity (Wildman–Crippen MR) is 92.6 cm³/mol. The summed E-state index contributed by atoms with van der Waals surface area (Å²) in [5.41, 5.74) is 1.07. The Balaban J connectivity index is 1.59. The van der Waals surface area contributed by atoms with Crippen LogP contribution in [0, 0.1) is 5.92 Å². The van der Waals surface area contributed by atoms with Gasteiger partial charge in [0.15, 0.2) is 11.5 Å². The molecule has 0 radical (unpaired) electrons. The molecule has 1 aromatic carbocycles. The zero-order valence-corrected chi connectivity index (χ0v) is 15.0. The Bertz CT molecular complexity index is 655. The molecular formula is C17H26N2O4S. The molecule has 2 aliphatic rings. The molecule has 1 atom stereocenters. The van der Waals surface area contributed by atoms with Crippen molar-refractivity contribution in [2.24, 2.45) is 5.92 Å². The Hall–Kier alpha value is -1.31. The summed E-state index contributed by atoms with van der Waals surface area (Å²) in [6.07, 6.45) is 4.90. The van der Waals surface area contributed by atoms with Crippen molar-refractivity contribution < 1.29 is 17.9 Å². The van der Waals surface area contributed by atoms with Crippen molar-refractivity contribution >= 4 is 10.2 Å². The first-order valence-corrected chi connectivity index (χ1v) is 10.1. The molecule has 2 aliphatic heterocycles. The Morgan fingerprint density at radius 3 is 2.71 bits per heavy atom. The number of ether oxygens (including phenoxy) is 2. The minimum atomic E-state index is -3.39. The topological polar surface area (TPSA) is 67.9 Å². The van der Waals surface area contributed by atoms with E-state index in [0.29, 0.717) is 26.2 Å². The monoisotopic (exact) mass is 354 g/mol. The van der Waals surface area contributed by atoms with Crippen molar-refractivity contribution in [2.45, 2.75) is 32.1 Å². The number of para-hydroxylation sites is 1. The Morgan fingerprint density at radius 1 is 1.25 bits per heavy atom. The molecule has 0 unspecified atom stereocenters. The van der Waals surface area contributed by atoms with Gasteiger partial charge in [-0.2, -0.15) is 12.7 Å². The quantitative estimate of drug-likeness (QED) is 0.878. The zero-order valence-electron chi connectivity index (χ0n) is 14.2. The van der Waals surface area contributed by atoms with E-state index in [1.165, 1.54) is 0 Å². The van der Waals surface area contributed by atoms with Crippen molar-refractivity contribution in [3.63, 3.8) is 0 Å². The molecule has 6 nitrogen and oxygen atoms in total. The van der Waals surface area contributed by atoms with Gasteiger partial charge < -0.3 is 9.47 Å². The molecule has 0 bridgehead atoms. The van der Waals surface area contributed by atoms with Crippen LogP contribution < -0.4 is 14.2 Å². The molecule has 0 amide bonds. The average molecular weight is 354 g/mol. The first kappa shape index (κ1) is 17.5. The minimum absolute atomic E-state index is 0.131. The fourth-order valence-corrected chi connectivity index (χ4v) is 4.71. The van der Waals surface area contributed by atoms with Gasteiger partial charge >= 0.3 is 0 Å². The molecule has 134 valence electrons. The molecule has 1 fully saturated rings. The van der Waals surface area contributed by atoms with Gasteiger partial charge in [0.25, 0.3) is 10.2 Å². The lowest BCUT2D eigenvalue weighted by Gasteiger charge is -2.27. The second-order valence-electron chi connectivity index (χ2n) is 6.50.